The van der Waals surface area contributed by atoms with Gasteiger partial charge in [-0.05, 0) is 30.9 Å². The van der Waals surface area contributed by atoms with Gasteiger partial charge in [-0.2, -0.15) is 4.98 Å². The number of piperidine rings is 1. The van der Waals surface area contributed by atoms with E-state index in [4.69, 9.17) is 19.4 Å². The number of ether oxygens (including phenoxy) is 2. The summed E-state index contributed by atoms with van der Waals surface area (Å²) in [6, 6.07) is 14.1. The molecule has 1 fully saturated rings. The van der Waals surface area contributed by atoms with Gasteiger partial charge in [0.1, 0.15) is 12.4 Å². The van der Waals surface area contributed by atoms with Gasteiger partial charge in [0, 0.05) is 38.6 Å². The molecule has 0 atom stereocenters. The Morgan fingerprint density at radius 3 is 2.41 bits per heavy atom. The molecule has 0 unspecified atom stereocenters. The van der Waals surface area contributed by atoms with Crippen LogP contribution in [0.25, 0.3) is 10.9 Å². The topological polar surface area (TPSA) is 50.7 Å². The molecule has 1 aliphatic heterocycles. The number of rotatable bonds is 6. The molecule has 1 saturated heterocycles. The Kier molecular flexibility index (Phi) is 5.69. The molecule has 0 aliphatic carbocycles. The van der Waals surface area contributed by atoms with E-state index in [0.717, 1.165) is 35.4 Å². The van der Waals surface area contributed by atoms with E-state index in [1.54, 1.807) is 7.11 Å². The predicted octanol–water partition coefficient (Wildman–Crippen LogP) is 4.27. The van der Waals surface area contributed by atoms with E-state index in [1.165, 1.54) is 19.3 Å². The summed E-state index contributed by atoms with van der Waals surface area (Å²) in [5.41, 5.74) is 1.98. The monoisotopic (exact) mass is 392 g/mol. The first-order valence-corrected chi connectivity index (χ1v) is 10.1. The zero-order chi connectivity index (χ0) is 20.2. The van der Waals surface area contributed by atoms with Crippen LogP contribution in [0.5, 0.6) is 11.5 Å². The summed E-state index contributed by atoms with van der Waals surface area (Å²) in [6.07, 6.45) is 3.66. The van der Waals surface area contributed by atoms with Crippen LogP contribution in [-0.4, -0.2) is 44.3 Å². The molecule has 4 rings (SSSR count). The van der Waals surface area contributed by atoms with E-state index in [0.29, 0.717) is 24.1 Å². The van der Waals surface area contributed by atoms with Crippen molar-refractivity contribution >= 4 is 22.7 Å². The van der Waals surface area contributed by atoms with Crippen molar-refractivity contribution in [1.82, 2.24) is 9.97 Å². The molecule has 3 aromatic rings. The number of nitrogens with zero attached hydrogens (tertiary/aromatic N) is 4. The molecule has 2 aromatic carbocycles. The highest BCUT2D eigenvalue weighted by molar-refractivity contribution is 5.93. The van der Waals surface area contributed by atoms with Crippen molar-refractivity contribution in [2.45, 2.75) is 25.9 Å². The molecule has 0 N–H and O–H groups in total. The second kappa shape index (κ2) is 8.55. The minimum Gasteiger partial charge on any atom is -0.493 e. The smallest absolute Gasteiger partial charge is 0.227 e. The first-order chi connectivity index (χ1) is 14.2. The van der Waals surface area contributed by atoms with Crippen LogP contribution in [0.1, 0.15) is 24.8 Å². The highest BCUT2D eigenvalue weighted by Crippen LogP contribution is 2.37. The number of fused-ring (bicyclic) bond motifs is 1. The van der Waals surface area contributed by atoms with Crippen molar-refractivity contribution in [1.29, 1.82) is 0 Å². The summed E-state index contributed by atoms with van der Waals surface area (Å²) in [7, 11) is 5.61. The lowest BCUT2D eigenvalue weighted by molar-refractivity contribution is 0.285. The van der Waals surface area contributed by atoms with Crippen LogP contribution < -0.4 is 19.3 Å². The molecule has 29 heavy (non-hydrogen) atoms. The minimum atomic E-state index is 0.479. The van der Waals surface area contributed by atoms with Crippen molar-refractivity contribution in [2.24, 2.45) is 0 Å². The molecule has 0 radical (unpaired) electrons. The van der Waals surface area contributed by atoms with E-state index in [9.17, 15) is 0 Å². The average Bonchev–Trinajstić information content (AvgIpc) is 2.77. The van der Waals surface area contributed by atoms with Crippen LogP contribution in [-0.2, 0) is 6.61 Å². The van der Waals surface area contributed by atoms with Gasteiger partial charge >= 0.3 is 0 Å². The standard InChI is InChI=1S/C23H28N4O2/c1-26(2)23-24-19-15-21(29-16-17-10-6-4-7-11-17)20(28-3)14-18(19)22(25-23)27-12-8-5-9-13-27/h4,6-7,10-11,14-15H,5,8-9,12-13,16H2,1-3H3. The Bertz CT molecular complexity index is 970. The maximum Gasteiger partial charge on any atom is 0.227 e. The second-order valence-electron chi connectivity index (χ2n) is 7.58. The lowest BCUT2D eigenvalue weighted by Gasteiger charge is -2.29. The fraction of sp³-hybridized carbons (Fsp3) is 0.391. The van der Waals surface area contributed by atoms with Gasteiger partial charge in [0.15, 0.2) is 11.5 Å². The van der Waals surface area contributed by atoms with Gasteiger partial charge in [0.2, 0.25) is 5.95 Å². The lowest BCUT2D eigenvalue weighted by atomic mass is 10.1. The number of benzene rings is 2. The molecule has 0 spiro atoms. The molecule has 6 heteroatoms. The third-order valence-electron chi connectivity index (χ3n) is 5.24. The SMILES string of the molecule is COc1cc2c(N3CCCCC3)nc(N(C)C)nc2cc1OCc1ccccc1. The van der Waals surface area contributed by atoms with Crippen LogP contribution in [0.3, 0.4) is 0 Å². The zero-order valence-electron chi connectivity index (χ0n) is 17.4. The Balaban J connectivity index is 1.76. The van der Waals surface area contributed by atoms with Crippen molar-refractivity contribution in [2.75, 3.05) is 44.1 Å². The van der Waals surface area contributed by atoms with Gasteiger partial charge in [-0.1, -0.05) is 30.3 Å². The van der Waals surface area contributed by atoms with Gasteiger partial charge in [-0.15, -0.1) is 0 Å². The molecule has 1 aliphatic rings. The van der Waals surface area contributed by atoms with Gasteiger partial charge in [-0.3, -0.25) is 0 Å². The third-order valence-corrected chi connectivity index (χ3v) is 5.24. The summed E-state index contributed by atoms with van der Waals surface area (Å²) in [5.74, 6) is 3.08. The number of methoxy groups -OCH3 is 1. The highest BCUT2D eigenvalue weighted by Gasteiger charge is 2.20. The predicted molar refractivity (Wildman–Crippen MR) is 117 cm³/mol. The van der Waals surface area contributed by atoms with Crippen molar-refractivity contribution < 1.29 is 9.47 Å². The molecule has 0 amide bonds. The van der Waals surface area contributed by atoms with E-state index in [-0.39, 0.29) is 0 Å². The summed E-state index contributed by atoms with van der Waals surface area (Å²) < 4.78 is 11.7. The minimum absolute atomic E-state index is 0.479. The van der Waals surface area contributed by atoms with Crippen molar-refractivity contribution in [3.63, 3.8) is 0 Å². The van der Waals surface area contributed by atoms with E-state index in [2.05, 4.69) is 4.90 Å². The summed E-state index contributed by atoms with van der Waals surface area (Å²) >= 11 is 0. The molecule has 6 nitrogen and oxygen atoms in total. The third kappa shape index (κ3) is 4.21. The van der Waals surface area contributed by atoms with Crippen molar-refractivity contribution in [3.8, 4) is 11.5 Å². The van der Waals surface area contributed by atoms with Crippen LogP contribution in [0.15, 0.2) is 42.5 Å². The lowest BCUT2D eigenvalue weighted by Crippen LogP contribution is -2.31. The molecule has 2 heterocycles. The van der Waals surface area contributed by atoms with E-state index < -0.39 is 0 Å². The van der Waals surface area contributed by atoms with Gasteiger partial charge < -0.3 is 19.3 Å². The Labute approximate surface area is 172 Å². The number of anilines is 2. The quantitative estimate of drug-likeness (QED) is 0.624. The molecule has 0 saturated carbocycles. The normalized spacial score (nSPS) is 14.1. The van der Waals surface area contributed by atoms with Gasteiger partial charge in [0.25, 0.3) is 0 Å². The number of aromatic nitrogens is 2. The van der Waals surface area contributed by atoms with E-state index in [1.807, 2.05) is 61.5 Å². The molecule has 1 aromatic heterocycles. The Morgan fingerprint density at radius 1 is 0.966 bits per heavy atom. The molecular weight excluding hydrogens is 364 g/mol. The maximum absolute atomic E-state index is 6.10. The first-order valence-electron chi connectivity index (χ1n) is 10.1. The largest absolute Gasteiger partial charge is 0.493 e. The summed E-state index contributed by atoms with van der Waals surface area (Å²) in [4.78, 5) is 14.0. The summed E-state index contributed by atoms with van der Waals surface area (Å²) in [5, 5.41) is 1.00. The molecular formula is C23H28N4O2. The molecule has 152 valence electrons. The van der Waals surface area contributed by atoms with Crippen LogP contribution in [0.2, 0.25) is 0 Å². The van der Waals surface area contributed by atoms with E-state index >= 15 is 0 Å². The van der Waals surface area contributed by atoms with Crippen LogP contribution >= 0.6 is 0 Å². The first kappa shape index (κ1) is 19.3. The number of hydrogen-bond donors (Lipinski definition) is 0. The van der Waals surface area contributed by atoms with Gasteiger partial charge in [-0.25, -0.2) is 4.98 Å². The molecule has 0 bridgehead atoms. The maximum atomic E-state index is 6.10. The number of hydrogen-bond acceptors (Lipinski definition) is 6. The fourth-order valence-electron chi connectivity index (χ4n) is 3.66. The van der Waals surface area contributed by atoms with Crippen LogP contribution in [0, 0.1) is 0 Å². The highest BCUT2D eigenvalue weighted by atomic mass is 16.5. The fourth-order valence-corrected chi connectivity index (χ4v) is 3.66. The van der Waals surface area contributed by atoms with Crippen molar-refractivity contribution in [3.05, 3.63) is 48.0 Å². The van der Waals surface area contributed by atoms with Gasteiger partial charge in [0.05, 0.1) is 12.6 Å². The Hall–Kier alpha value is -3.02. The second-order valence-corrected chi connectivity index (χ2v) is 7.58. The average molecular weight is 393 g/mol. The van der Waals surface area contributed by atoms with Crippen LogP contribution in [0.4, 0.5) is 11.8 Å². The Morgan fingerprint density at radius 2 is 1.72 bits per heavy atom. The zero-order valence-corrected chi connectivity index (χ0v) is 17.4. The summed E-state index contributed by atoms with van der Waals surface area (Å²) in [6.45, 7) is 2.52.